The van der Waals surface area contributed by atoms with Gasteiger partial charge < -0.3 is 14.8 Å². The van der Waals surface area contributed by atoms with E-state index >= 15 is 0 Å². The Labute approximate surface area is 166 Å². The number of nitrogens with zero attached hydrogens (tertiary/aromatic N) is 4. The second-order valence-corrected chi connectivity index (χ2v) is 6.71. The Balaban J connectivity index is 1.43. The van der Waals surface area contributed by atoms with Crippen LogP contribution in [0.2, 0.25) is 5.02 Å². The van der Waals surface area contributed by atoms with Gasteiger partial charge in [0.2, 0.25) is 18.5 Å². The van der Waals surface area contributed by atoms with Crippen molar-refractivity contribution in [1.29, 1.82) is 0 Å². The highest BCUT2D eigenvalue weighted by atomic mass is 35.5. The van der Waals surface area contributed by atoms with E-state index in [0.717, 1.165) is 11.1 Å². The monoisotopic (exact) mass is 399 g/mol. The van der Waals surface area contributed by atoms with Crippen LogP contribution >= 0.6 is 11.6 Å². The smallest absolute Gasteiger partial charge is 0.247 e. The van der Waals surface area contributed by atoms with E-state index in [1.807, 2.05) is 37.3 Å². The zero-order chi connectivity index (χ0) is 19.5. The average Bonchev–Trinajstić information content (AvgIpc) is 3.37. The summed E-state index contributed by atoms with van der Waals surface area (Å²) in [6.45, 7) is 2.48. The van der Waals surface area contributed by atoms with Crippen molar-refractivity contribution < 1.29 is 14.3 Å². The number of amides is 1. The molecule has 0 saturated heterocycles. The zero-order valence-corrected chi connectivity index (χ0v) is 15.9. The maximum atomic E-state index is 12.7. The average molecular weight is 400 g/mol. The van der Waals surface area contributed by atoms with E-state index in [-0.39, 0.29) is 12.7 Å². The summed E-state index contributed by atoms with van der Waals surface area (Å²) < 4.78 is 10.7. The quantitative estimate of drug-likeness (QED) is 0.685. The molecule has 3 aromatic rings. The third-order valence-corrected chi connectivity index (χ3v) is 4.65. The number of hydrogen-bond acceptors (Lipinski definition) is 6. The molecule has 1 amide bonds. The minimum Gasteiger partial charge on any atom is -0.454 e. The van der Waals surface area contributed by atoms with E-state index < -0.39 is 6.04 Å². The van der Waals surface area contributed by atoms with Gasteiger partial charge in [0.25, 0.3) is 0 Å². The molecule has 1 N–H and O–H groups in total. The van der Waals surface area contributed by atoms with Crippen LogP contribution in [0.25, 0.3) is 11.4 Å². The van der Waals surface area contributed by atoms with Gasteiger partial charge in [-0.1, -0.05) is 24.6 Å². The third kappa shape index (κ3) is 3.77. The van der Waals surface area contributed by atoms with Gasteiger partial charge in [-0.2, -0.15) is 4.80 Å². The van der Waals surface area contributed by atoms with E-state index in [1.165, 1.54) is 4.80 Å². The van der Waals surface area contributed by atoms with Crippen molar-refractivity contribution in [3.63, 3.8) is 0 Å². The first-order valence-corrected chi connectivity index (χ1v) is 9.23. The molecule has 1 unspecified atom stereocenters. The second-order valence-electron chi connectivity index (χ2n) is 6.27. The normalized spacial score (nSPS) is 13.4. The first kappa shape index (κ1) is 18.2. The molecule has 1 atom stereocenters. The number of carbonyl (C=O) groups excluding carboxylic acids is 1. The van der Waals surface area contributed by atoms with Crippen LogP contribution in [0.15, 0.2) is 42.5 Å². The molecule has 1 aliphatic heterocycles. The van der Waals surface area contributed by atoms with Crippen molar-refractivity contribution in [2.45, 2.75) is 25.9 Å². The molecule has 0 spiro atoms. The number of rotatable bonds is 6. The molecule has 0 aliphatic carbocycles. The molecular formula is C19H18ClN5O3. The van der Waals surface area contributed by atoms with Crippen LogP contribution in [0.3, 0.4) is 0 Å². The predicted octanol–water partition coefficient (Wildman–Crippen LogP) is 2.99. The second kappa shape index (κ2) is 7.85. The number of hydrogen-bond donors (Lipinski definition) is 1. The van der Waals surface area contributed by atoms with E-state index in [9.17, 15) is 4.79 Å². The molecule has 9 heteroatoms. The fourth-order valence-electron chi connectivity index (χ4n) is 2.88. The Hall–Kier alpha value is -3.13. The standard InChI is InChI=1S/C19H18ClN5O3/c1-2-15(25-23-18(22-24-25)13-4-6-14(20)7-5-13)19(26)21-10-12-3-8-16-17(9-12)28-11-27-16/h3-9,15H,2,10-11H2,1H3,(H,21,26). The minimum absolute atomic E-state index is 0.180. The number of aromatic nitrogens is 4. The third-order valence-electron chi connectivity index (χ3n) is 4.40. The number of benzene rings is 2. The topological polar surface area (TPSA) is 91.2 Å². The van der Waals surface area contributed by atoms with Crippen LogP contribution in [0, 0.1) is 0 Å². The molecule has 1 aliphatic rings. The summed E-state index contributed by atoms with van der Waals surface area (Å²) in [5.74, 6) is 1.66. The van der Waals surface area contributed by atoms with Crippen LogP contribution in [0.4, 0.5) is 0 Å². The molecule has 8 nitrogen and oxygen atoms in total. The first-order valence-electron chi connectivity index (χ1n) is 8.85. The summed E-state index contributed by atoms with van der Waals surface area (Å²) >= 11 is 5.91. The Morgan fingerprint density at radius 2 is 2.00 bits per heavy atom. The van der Waals surface area contributed by atoms with Crippen molar-refractivity contribution in [3.8, 4) is 22.9 Å². The van der Waals surface area contributed by atoms with Crippen molar-refractivity contribution in [2.75, 3.05) is 6.79 Å². The van der Waals surface area contributed by atoms with Crippen molar-refractivity contribution in [2.24, 2.45) is 0 Å². The first-order chi connectivity index (χ1) is 13.6. The van der Waals surface area contributed by atoms with Gasteiger partial charge in [0.1, 0.15) is 0 Å². The zero-order valence-electron chi connectivity index (χ0n) is 15.1. The van der Waals surface area contributed by atoms with Crippen LogP contribution in [0.1, 0.15) is 24.9 Å². The molecule has 2 aromatic carbocycles. The van der Waals surface area contributed by atoms with E-state index in [4.69, 9.17) is 21.1 Å². The van der Waals surface area contributed by atoms with Gasteiger partial charge in [-0.25, -0.2) is 0 Å². The van der Waals surface area contributed by atoms with E-state index in [2.05, 4.69) is 20.7 Å². The Kier molecular flexibility index (Phi) is 5.12. The number of fused-ring (bicyclic) bond motifs is 1. The van der Waals surface area contributed by atoms with E-state index in [1.54, 1.807) is 12.1 Å². The highest BCUT2D eigenvalue weighted by Crippen LogP contribution is 2.32. The summed E-state index contributed by atoms with van der Waals surface area (Å²) in [5.41, 5.74) is 1.70. The van der Waals surface area contributed by atoms with E-state index in [0.29, 0.717) is 35.3 Å². The molecule has 1 aromatic heterocycles. The Morgan fingerprint density at radius 1 is 1.21 bits per heavy atom. The minimum atomic E-state index is -0.553. The van der Waals surface area contributed by atoms with Crippen LogP contribution in [0.5, 0.6) is 11.5 Å². The molecule has 0 saturated carbocycles. The number of ether oxygens (including phenoxy) is 2. The largest absolute Gasteiger partial charge is 0.454 e. The van der Waals surface area contributed by atoms with Crippen LogP contribution in [-0.4, -0.2) is 32.9 Å². The van der Waals surface area contributed by atoms with Crippen molar-refractivity contribution >= 4 is 17.5 Å². The summed E-state index contributed by atoms with van der Waals surface area (Å²) in [6.07, 6.45) is 0.531. The number of tetrazole rings is 1. The fourth-order valence-corrected chi connectivity index (χ4v) is 3.01. The van der Waals surface area contributed by atoms with Gasteiger partial charge >= 0.3 is 0 Å². The molecule has 4 rings (SSSR count). The summed E-state index contributed by atoms with van der Waals surface area (Å²) in [4.78, 5) is 14.0. The maximum Gasteiger partial charge on any atom is 0.247 e. The number of carbonyl (C=O) groups is 1. The van der Waals surface area contributed by atoms with Crippen molar-refractivity contribution in [1.82, 2.24) is 25.5 Å². The van der Waals surface area contributed by atoms with Gasteiger partial charge in [-0.3, -0.25) is 4.79 Å². The van der Waals surface area contributed by atoms with Gasteiger partial charge in [-0.15, -0.1) is 10.2 Å². The van der Waals surface area contributed by atoms with Gasteiger partial charge in [0.15, 0.2) is 17.5 Å². The fraction of sp³-hybridized carbons (Fsp3) is 0.263. The molecule has 0 bridgehead atoms. The van der Waals surface area contributed by atoms with Crippen molar-refractivity contribution in [3.05, 3.63) is 53.1 Å². The predicted molar refractivity (Wildman–Crippen MR) is 102 cm³/mol. The van der Waals surface area contributed by atoms with Crippen LogP contribution < -0.4 is 14.8 Å². The highest BCUT2D eigenvalue weighted by Gasteiger charge is 2.22. The molecule has 0 radical (unpaired) electrons. The number of halogens is 1. The molecule has 144 valence electrons. The lowest BCUT2D eigenvalue weighted by Crippen LogP contribution is -2.33. The maximum absolute atomic E-state index is 12.7. The van der Waals surface area contributed by atoms with Gasteiger partial charge in [0.05, 0.1) is 0 Å². The lowest BCUT2D eigenvalue weighted by atomic mass is 10.2. The molecular weight excluding hydrogens is 382 g/mol. The summed E-state index contributed by atoms with van der Waals surface area (Å²) in [7, 11) is 0. The van der Waals surface area contributed by atoms with Gasteiger partial charge in [-0.05, 0) is 53.6 Å². The Bertz CT molecular complexity index is 989. The van der Waals surface area contributed by atoms with Gasteiger partial charge in [0, 0.05) is 17.1 Å². The van der Waals surface area contributed by atoms with Crippen LogP contribution in [-0.2, 0) is 11.3 Å². The molecule has 28 heavy (non-hydrogen) atoms. The summed E-state index contributed by atoms with van der Waals surface area (Å²) in [6, 6.07) is 12.2. The SMILES string of the molecule is CCC(C(=O)NCc1ccc2c(c1)OCO2)n1nnc(-c2ccc(Cl)cc2)n1. The molecule has 0 fully saturated rings. The summed E-state index contributed by atoms with van der Waals surface area (Å²) in [5, 5.41) is 16.0. The number of nitrogens with one attached hydrogen (secondary N) is 1. The molecule has 2 heterocycles. The highest BCUT2D eigenvalue weighted by molar-refractivity contribution is 6.30. The lowest BCUT2D eigenvalue weighted by Gasteiger charge is -2.13. The lowest BCUT2D eigenvalue weighted by molar-refractivity contribution is -0.125. The Morgan fingerprint density at radius 3 is 2.79 bits per heavy atom.